The van der Waals surface area contributed by atoms with Crippen LogP contribution in [-0.2, 0) is 11.3 Å². The quantitative estimate of drug-likeness (QED) is 0.806. The molecule has 0 radical (unpaired) electrons. The summed E-state index contributed by atoms with van der Waals surface area (Å²) in [6, 6.07) is 14.6. The highest BCUT2D eigenvalue weighted by Gasteiger charge is 2.25. The monoisotopic (exact) mass is 370 g/mol. The highest BCUT2D eigenvalue weighted by atomic mass is 19.1. The molecule has 1 unspecified atom stereocenters. The Kier molecular flexibility index (Phi) is 6.45. The van der Waals surface area contributed by atoms with Gasteiger partial charge in [-0.3, -0.25) is 9.69 Å². The summed E-state index contributed by atoms with van der Waals surface area (Å²) in [6.45, 7) is 7.29. The summed E-state index contributed by atoms with van der Waals surface area (Å²) in [4.78, 5) is 16.9. The lowest BCUT2D eigenvalue weighted by Gasteiger charge is -2.25. The molecule has 2 aromatic carbocycles. The van der Waals surface area contributed by atoms with E-state index in [1.807, 2.05) is 48.2 Å². The van der Waals surface area contributed by atoms with Gasteiger partial charge in [0.1, 0.15) is 11.6 Å². The van der Waals surface area contributed by atoms with Crippen LogP contribution in [0.1, 0.15) is 24.5 Å². The van der Waals surface area contributed by atoms with Crippen LogP contribution in [0.15, 0.2) is 48.5 Å². The lowest BCUT2D eigenvalue weighted by Crippen LogP contribution is -2.42. The SMILES string of the molecule is Cc1cccc(OC(C)C(=O)N2CCCN(Cc3ccccc3F)CC2)c1. The molecule has 3 rings (SSSR count). The number of hydrogen-bond donors (Lipinski definition) is 0. The van der Waals surface area contributed by atoms with E-state index in [1.54, 1.807) is 13.0 Å². The molecule has 144 valence electrons. The molecule has 1 aliphatic heterocycles. The van der Waals surface area contributed by atoms with Crippen molar-refractivity contribution < 1.29 is 13.9 Å². The standard InChI is InChI=1S/C22H27FN2O2/c1-17-7-5-9-20(15-17)27-18(2)22(26)25-12-6-11-24(13-14-25)16-19-8-3-4-10-21(19)23/h3-5,7-10,15,18H,6,11-14,16H2,1-2H3. The molecule has 27 heavy (non-hydrogen) atoms. The molecule has 0 aliphatic carbocycles. The maximum atomic E-state index is 13.9. The van der Waals surface area contributed by atoms with E-state index in [4.69, 9.17) is 4.74 Å². The second-order valence-corrected chi connectivity index (χ2v) is 7.12. The normalized spacial score (nSPS) is 16.6. The Labute approximate surface area is 160 Å². The number of aryl methyl sites for hydroxylation is 1. The Morgan fingerprint density at radius 1 is 1.11 bits per heavy atom. The minimum absolute atomic E-state index is 0.00393. The minimum Gasteiger partial charge on any atom is -0.481 e. The Bertz CT molecular complexity index is 780. The summed E-state index contributed by atoms with van der Waals surface area (Å²) in [6.07, 6.45) is 0.349. The fraction of sp³-hybridized carbons (Fsp3) is 0.409. The molecule has 4 nitrogen and oxygen atoms in total. The average molecular weight is 370 g/mol. The molecule has 0 spiro atoms. The van der Waals surface area contributed by atoms with Gasteiger partial charge in [-0.1, -0.05) is 30.3 Å². The Morgan fingerprint density at radius 2 is 1.93 bits per heavy atom. The minimum atomic E-state index is -0.523. The van der Waals surface area contributed by atoms with Crippen LogP contribution in [-0.4, -0.2) is 48.0 Å². The maximum Gasteiger partial charge on any atom is 0.263 e. The van der Waals surface area contributed by atoms with Gasteiger partial charge in [0.25, 0.3) is 5.91 Å². The van der Waals surface area contributed by atoms with Gasteiger partial charge in [0, 0.05) is 38.3 Å². The molecule has 0 saturated carbocycles. The molecule has 0 N–H and O–H groups in total. The Morgan fingerprint density at radius 3 is 2.70 bits per heavy atom. The number of halogens is 1. The molecule has 2 aromatic rings. The van der Waals surface area contributed by atoms with E-state index in [9.17, 15) is 9.18 Å². The van der Waals surface area contributed by atoms with Gasteiger partial charge in [0.2, 0.25) is 0 Å². The van der Waals surface area contributed by atoms with Gasteiger partial charge in [-0.15, -0.1) is 0 Å². The van der Waals surface area contributed by atoms with Crippen molar-refractivity contribution in [1.82, 2.24) is 9.80 Å². The zero-order valence-electron chi connectivity index (χ0n) is 16.0. The Balaban J connectivity index is 1.55. The van der Waals surface area contributed by atoms with Gasteiger partial charge in [0.15, 0.2) is 6.10 Å². The van der Waals surface area contributed by atoms with E-state index in [-0.39, 0.29) is 11.7 Å². The second-order valence-electron chi connectivity index (χ2n) is 7.12. The smallest absolute Gasteiger partial charge is 0.263 e. The van der Waals surface area contributed by atoms with E-state index >= 15 is 0 Å². The van der Waals surface area contributed by atoms with Crippen LogP contribution >= 0.6 is 0 Å². The van der Waals surface area contributed by atoms with Crippen LogP contribution in [0.2, 0.25) is 0 Å². The fourth-order valence-electron chi connectivity index (χ4n) is 3.42. The van der Waals surface area contributed by atoms with Crippen molar-refractivity contribution in [3.63, 3.8) is 0 Å². The van der Waals surface area contributed by atoms with Crippen molar-refractivity contribution in [3.05, 3.63) is 65.5 Å². The summed E-state index contributed by atoms with van der Waals surface area (Å²) in [5.41, 5.74) is 1.80. The van der Waals surface area contributed by atoms with Gasteiger partial charge < -0.3 is 9.64 Å². The first-order valence-corrected chi connectivity index (χ1v) is 9.51. The maximum absolute atomic E-state index is 13.9. The van der Waals surface area contributed by atoms with Gasteiger partial charge in [0.05, 0.1) is 0 Å². The van der Waals surface area contributed by atoms with Crippen LogP contribution in [0.4, 0.5) is 4.39 Å². The van der Waals surface area contributed by atoms with E-state index in [0.717, 1.165) is 25.1 Å². The largest absolute Gasteiger partial charge is 0.481 e. The predicted octanol–water partition coefficient (Wildman–Crippen LogP) is 3.64. The molecular weight excluding hydrogens is 343 g/mol. The number of hydrogen-bond acceptors (Lipinski definition) is 3. The predicted molar refractivity (Wildman–Crippen MR) is 104 cm³/mol. The lowest BCUT2D eigenvalue weighted by molar-refractivity contribution is -0.137. The number of ether oxygens (including phenoxy) is 1. The first-order chi connectivity index (χ1) is 13.0. The van der Waals surface area contributed by atoms with Crippen LogP contribution < -0.4 is 4.74 Å². The molecule has 1 amide bonds. The van der Waals surface area contributed by atoms with Crippen molar-refractivity contribution in [3.8, 4) is 5.75 Å². The first-order valence-electron chi connectivity index (χ1n) is 9.51. The number of carbonyl (C=O) groups is 1. The van der Waals surface area contributed by atoms with E-state index < -0.39 is 6.10 Å². The molecule has 5 heteroatoms. The molecule has 1 aliphatic rings. The molecule has 1 fully saturated rings. The van der Waals surface area contributed by atoms with Crippen molar-refractivity contribution in [1.29, 1.82) is 0 Å². The highest BCUT2D eigenvalue weighted by molar-refractivity contribution is 5.81. The van der Waals surface area contributed by atoms with Crippen LogP contribution in [0.25, 0.3) is 0 Å². The van der Waals surface area contributed by atoms with E-state index in [2.05, 4.69) is 4.90 Å². The Hall–Kier alpha value is -2.40. The van der Waals surface area contributed by atoms with Crippen LogP contribution in [0.3, 0.4) is 0 Å². The van der Waals surface area contributed by atoms with E-state index in [1.165, 1.54) is 6.07 Å². The summed E-state index contributed by atoms with van der Waals surface area (Å²) in [5, 5.41) is 0. The third kappa shape index (κ3) is 5.30. The number of benzene rings is 2. The highest BCUT2D eigenvalue weighted by Crippen LogP contribution is 2.16. The fourth-order valence-corrected chi connectivity index (χ4v) is 3.42. The van der Waals surface area contributed by atoms with Gasteiger partial charge in [-0.25, -0.2) is 4.39 Å². The van der Waals surface area contributed by atoms with Gasteiger partial charge in [-0.2, -0.15) is 0 Å². The third-order valence-corrected chi connectivity index (χ3v) is 4.90. The average Bonchev–Trinajstić information content (AvgIpc) is 2.88. The molecular formula is C22H27FN2O2. The number of amides is 1. The molecule has 0 aromatic heterocycles. The summed E-state index contributed by atoms with van der Waals surface area (Å²) in [5.74, 6) is 0.547. The number of rotatable bonds is 5. The molecule has 1 atom stereocenters. The lowest BCUT2D eigenvalue weighted by atomic mass is 10.2. The third-order valence-electron chi connectivity index (χ3n) is 4.90. The zero-order valence-corrected chi connectivity index (χ0v) is 16.0. The van der Waals surface area contributed by atoms with Crippen molar-refractivity contribution in [2.75, 3.05) is 26.2 Å². The van der Waals surface area contributed by atoms with Crippen molar-refractivity contribution >= 4 is 5.91 Å². The molecule has 1 heterocycles. The second kappa shape index (κ2) is 9.00. The van der Waals surface area contributed by atoms with E-state index in [0.29, 0.717) is 30.9 Å². The van der Waals surface area contributed by atoms with Crippen LogP contribution in [0, 0.1) is 12.7 Å². The molecule has 1 saturated heterocycles. The molecule has 0 bridgehead atoms. The summed E-state index contributed by atoms with van der Waals surface area (Å²) < 4.78 is 19.7. The van der Waals surface area contributed by atoms with Gasteiger partial charge in [-0.05, 0) is 44.0 Å². The van der Waals surface area contributed by atoms with Crippen molar-refractivity contribution in [2.24, 2.45) is 0 Å². The topological polar surface area (TPSA) is 32.8 Å². The summed E-state index contributed by atoms with van der Waals surface area (Å²) >= 11 is 0. The van der Waals surface area contributed by atoms with Crippen molar-refractivity contribution in [2.45, 2.75) is 32.9 Å². The zero-order chi connectivity index (χ0) is 19.2. The summed E-state index contributed by atoms with van der Waals surface area (Å²) in [7, 11) is 0. The number of carbonyl (C=O) groups excluding carboxylic acids is 1. The van der Waals surface area contributed by atoms with Gasteiger partial charge >= 0.3 is 0 Å². The number of nitrogens with zero attached hydrogens (tertiary/aromatic N) is 2. The van der Waals surface area contributed by atoms with Crippen LogP contribution in [0.5, 0.6) is 5.75 Å². The first kappa shape index (κ1) is 19.4.